The second kappa shape index (κ2) is 5.99. The Kier molecular flexibility index (Phi) is 5.01. The highest BCUT2D eigenvalue weighted by atomic mass is 127. The molecule has 1 rings (SSSR count). The van der Waals surface area contributed by atoms with Gasteiger partial charge in [-0.15, -0.1) is 0 Å². The lowest BCUT2D eigenvalue weighted by molar-refractivity contribution is -0.150. The summed E-state index contributed by atoms with van der Waals surface area (Å²) in [6.45, 7) is 6.55. The first-order valence-corrected chi connectivity index (χ1v) is 7.22. The van der Waals surface area contributed by atoms with E-state index in [0.717, 1.165) is 3.57 Å². The number of carboxylic acid groups (broad SMARTS) is 1. The van der Waals surface area contributed by atoms with E-state index in [1.165, 1.54) is 0 Å². The number of halogens is 1. The maximum absolute atomic E-state index is 12.0. The molecule has 2 amide bonds. The van der Waals surface area contributed by atoms with Crippen molar-refractivity contribution in [2.24, 2.45) is 5.41 Å². The van der Waals surface area contributed by atoms with Gasteiger partial charge in [0.25, 0.3) is 0 Å². The Balaban J connectivity index is 2.75. The fourth-order valence-corrected chi connectivity index (χ4v) is 1.76. The Hall–Kier alpha value is -1.31. The van der Waals surface area contributed by atoms with Gasteiger partial charge < -0.3 is 15.7 Å². The largest absolute Gasteiger partial charge is 0.481 e. The Morgan fingerprint density at radius 1 is 1.10 bits per heavy atom. The van der Waals surface area contributed by atoms with Crippen LogP contribution in [0.5, 0.6) is 0 Å². The zero-order valence-electron chi connectivity index (χ0n) is 12.0. The minimum atomic E-state index is -1.09. The number of hydrogen-bond donors (Lipinski definition) is 3. The molecule has 0 saturated carbocycles. The Morgan fingerprint density at radius 3 is 2.05 bits per heavy atom. The fourth-order valence-electron chi connectivity index (χ4n) is 1.40. The first kappa shape index (κ1) is 16.7. The molecule has 5 nitrogen and oxygen atoms in total. The van der Waals surface area contributed by atoms with Crippen LogP contribution in [-0.4, -0.2) is 22.6 Å². The molecule has 0 unspecified atom stereocenters. The van der Waals surface area contributed by atoms with Crippen molar-refractivity contribution in [3.05, 3.63) is 27.8 Å². The van der Waals surface area contributed by atoms with Gasteiger partial charge in [-0.2, -0.15) is 0 Å². The topological polar surface area (TPSA) is 78.4 Å². The number of nitrogens with one attached hydrogen (secondary N) is 2. The molecule has 0 spiro atoms. The molecule has 0 atom stereocenters. The zero-order chi connectivity index (χ0) is 15.6. The third-order valence-electron chi connectivity index (χ3n) is 3.63. The number of rotatable bonds is 4. The molecule has 3 N–H and O–H groups in total. The molecule has 1 aromatic carbocycles. The summed E-state index contributed by atoms with van der Waals surface area (Å²) in [5, 5.41) is 14.6. The Labute approximate surface area is 132 Å². The molecule has 1 aromatic rings. The van der Waals surface area contributed by atoms with E-state index in [0.29, 0.717) is 5.69 Å². The molecule has 20 heavy (non-hydrogen) atoms. The van der Waals surface area contributed by atoms with Gasteiger partial charge in [0, 0.05) is 9.26 Å². The van der Waals surface area contributed by atoms with Crippen molar-refractivity contribution < 1.29 is 14.7 Å². The normalized spacial score (nSPS) is 11.8. The van der Waals surface area contributed by atoms with Gasteiger partial charge in [0.2, 0.25) is 0 Å². The molecule has 110 valence electrons. The monoisotopic (exact) mass is 390 g/mol. The van der Waals surface area contributed by atoms with Gasteiger partial charge in [-0.25, -0.2) is 4.79 Å². The van der Waals surface area contributed by atoms with Gasteiger partial charge in [-0.3, -0.25) is 4.79 Å². The van der Waals surface area contributed by atoms with Crippen LogP contribution in [0.25, 0.3) is 0 Å². The number of hydrogen-bond acceptors (Lipinski definition) is 2. The van der Waals surface area contributed by atoms with Crippen molar-refractivity contribution in [3.63, 3.8) is 0 Å². The molecule has 0 aliphatic heterocycles. The Morgan fingerprint density at radius 2 is 1.60 bits per heavy atom. The summed E-state index contributed by atoms with van der Waals surface area (Å²) in [7, 11) is 0. The van der Waals surface area contributed by atoms with Crippen LogP contribution in [0.1, 0.15) is 27.7 Å². The predicted molar refractivity (Wildman–Crippen MR) is 86.8 cm³/mol. The van der Waals surface area contributed by atoms with Gasteiger partial charge in [0.15, 0.2) is 0 Å². The van der Waals surface area contributed by atoms with Crippen LogP contribution in [-0.2, 0) is 4.79 Å². The number of benzene rings is 1. The summed E-state index contributed by atoms with van der Waals surface area (Å²) < 4.78 is 1.07. The predicted octanol–water partition coefficient (Wildman–Crippen LogP) is 3.30. The van der Waals surface area contributed by atoms with E-state index in [1.54, 1.807) is 39.8 Å². The number of carboxylic acids is 1. The van der Waals surface area contributed by atoms with Gasteiger partial charge in [0.1, 0.15) is 0 Å². The van der Waals surface area contributed by atoms with Crippen molar-refractivity contribution in [2.75, 3.05) is 5.32 Å². The van der Waals surface area contributed by atoms with Gasteiger partial charge in [-0.05, 0) is 74.6 Å². The van der Waals surface area contributed by atoms with Gasteiger partial charge in [0.05, 0.1) is 11.0 Å². The van der Waals surface area contributed by atoms with Crippen LogP contribution >= 0.6 is 22.6 Å². The molecular formula is C14H19IN2O3. The van der Waals surface area contributed by atoms with Crippen LogP contribution in [0, 0.1) is 8.99 Å². The van der Waals surface area contributed by atoms with Crippen LogP contribution in [0.15, 0.2) is 24.3 Å². The summed E-state index contributed by atoms with van der Waals surface area (Å²) in [6, 6.07) is 6.91. The van der Waals surface area contributed by atoms with Crippen LogP contribution in [0.4, 0.5) is 10.5 Å². The standard InChI is InChI=1S/C14H19IN2O3/c1-13(2,11(18)19)14(3,4)17-12(20)16-10-7-5-9(15)6-8-10/h5-8H,1-4H3,(H,18,19)(H2,16,17,20). The molecule has 0 radical (unpaired) electrons. The first-order chi connectivity index (χ1) is 9.06. The molecular weight excluding hydrogens is 371 g/mol. The van der Waals surface area contributed by atoms with Crippen molar-refractivity contribution >= 4 is 40.3 Å². The second-order valence-corrected chi connectivity index (χ2v) is 6.89. The van der Waals surface area contributed by atoms with E-state index in [9.17, 15) is 14.7 Å². The van der Waals surface area contributed by atoms with Crippen LogP contribution in [0.2, 0.25) is 0 Å². The number of aliphatic carboxylic acids is 1. The van der Waals surface area contributed by atoms with Gasteiger partial charge >= 0.3 is 12.0 Å². The highest BCUT2D eigenvalue weighted by Gasteiger charge is 2.44. The van der Waals surface area contributed by atoms with E-state index in [-0.39, 0.29) is 0 Å². The number of urea groups is 1. The summed E-state index contributed by atoms with van der Waals surface area (Å²) >= 11 is 2.18. The van der Waals surface area contributed by atoms with Gasteiger partial charge in [-0.1, -0.05) is 0 Å². The molecule has 0 saturated heterocycles. The summed E-state index contributed by atoms with van der Waals surface area (Å²) in [6.07, 6.45) is 0. The van der Waals surface area contributed by atoms with E-state index in [1.807, 2.05) is 12.1 Å². The number of carbonyl (C=O) groups is 2. The zero-order valence-corrected chi connectivity index (χ0v) is 14.1. The molecule has 0 aliphatic carbocycles. The molecule has 0 heterocycles. The third-order valence-corrected chi connectivity index (χ3v) is 4.34. The Bertz CT molecular complexity index is 510. The van der Waals surface area contributed by atoms with E-state index in [2.05, 4.69) is 33.2 Å². The minimum Gasteiger partial charge on any atom is -0.481 e. The lowest BCUT2D eigenvalue weighted by Gasteiger charge is -2.38. The van der Waals surface area contributed by atoms with Crippen LogP contribution < -0.4 is 10.6 Å². The lowest BCUT2D eigenvalue weighted by atomic mass is 9.74. The molecule has 0 fully saturated rings. The SMILES string of the molecule is CC(C)(NC(=O)Nc1ccc(I)cc1)C(C)(C)C(=O)O. The van der Waals surface area contributed by atoms with Crippen molar-refractivity contribution in [2.45, 2.75) is 33.2 Å². The highest BCUT2D eigenvalue weighted by Crippen LogP contribution is 2.30. The number of anilines is 1. The maximum atomic E-state index is 12.0. The number of amides is 2. The maximum Gasteiger partial charge on any atom is 0.319 e. The smallest absolute Gasteiger partial charge is 0.319 e. The highest BCUT2D eigenvalue weighted by molar-refractivity contribution is 14.1. The van der Waals surface area contributed by atoms with E-state index in [4.69, 9.17) is 0 Å². The second-order valence-electron chi connectivity index (χ2n) is 5.64. The minimum absolute atomic E-state index is 0.425. The lowest BCUT2D eigenvalue weighted by Crippen LogP contribution is -2.57. The number of carbonyl (C=O) groups excluding carboxylic acids is 1. The van der Waals surface area contributed by atoms with Crippen molar-refractivity contribution in [1.82, 2.24) is 5.32 Å². The van der Waals surface area contributed by atoms with Crippen LogP contribution in [0.3, 0.4) is 0 Å². The molecule has 0 aromatic heterocycles. The summed E-state index contributed by atoms with van der Waals surface area (Å²) in [5.41, 5.74) is -1.32. The molecule has 6 heteroatoms. The van der Waals surface area contributed by atoms with Crippen molar-refractivity contribution in [1.29, 1.82) is 0 Å². The molecule has 0 aliphatic rings. The average molecular weight is 390 g/mol. The first-order valence-electron chi connectivity index (χ1n) is 6.14. The van der Waals surface area contributed by atoms with E-state index >= 15 is 0 Å². The average Bonchev–Trinajstić information content (AvgIpc) is 2.31. The summed E-state index contributed by atoms with van der Waals surface area (Å²) in [5.74, 6) is -0.961. The fraction of sp³-hybridized carbons (Fsp3) is 0.429. The molecule has 0 bridgehead atoms. The van der Waals surface area contributed by atoms with Crippen molar-refractivity contribution in [3.8, 4) is 0 Å². The quantitative estimate of drug-likeness (QED) is 0.691. The summed E-state index contributed by atoms with van der Waals surface area (Å²) in [4.78, 5) is 23.2. The van der Waals surface area contributed by atoms with E-state index < -0.39 is 23.0 Å². The third kappa shape index (κ3) is 3.84.